The van der Waals surface area contributed by atoms with Crippen molar-refractivity contribution in [2.75, 3.05) is 11.9 Å². The van der Waals surface area contributed by atoms with Crippen LogP contribution in [0.1, 0.15) is 51.2 Å². The van der Waals surface area contributed by atoms with Crippen LogP contribution in [-0.4, -0.2) is 22.3 Å². The highest BCUT2D eigenvalue weighted by Crippen LogP contribution is 2.39. The molecule has 0 aliphatic carbocycles. The number of anilines is 1. The van der Waals surface area contributed by atoms with Crippen molar-refractivity contribution in [1.82, 2.24) is 9.78 Å². The quantitative estimate of drug-likeness (QED) is 0.943. The fourth-order valence-electron chi connectivity index (χ4n) is 2.99. The van der Waals surface area contributed by atoms with Crippen molar-refractivity contribution in [3.8, 4) is 5.75 Å². The maximum Gasteiger partial charge on any atom is 0.226 e. The molecule has 0 bridgehead atoms. The third kappa shape index (κ3) is 2.96. The highest BCUT2D eigenvalue weighted by Gasteiger charge is 2.32. The largest absolute Gasteiger partial charge is 0.494 e. The van der Waals surface area contributed by atoms with Gasteiger partial charge in [-0.25, -0.2) is 4.68 Å². The minimum atomic E-state index is -0.179. The summed E-state index contributed by atoms with van der Waals surface area (Å²) in [7, 11) is 0. The lowest BCUT2D eigenvalue weighted by molar-refractivity contribution is -0.116. The molecular weight excluding hydrogens is 290 g/mol. The van der Waals surface area contributed by atoms with Crippen molar-refractivity contribution in [3.05, 3.63) is 41.6 Å². The van der Waals surface area contributed by atoms with Gasteiger partial charge < -0.3 is 10.1 Å². The number of nitrogens with zero attached hydrogens (tertiary/aromatic N) is 2. The van der Waals surface area contributed by atoms with Gasteiger partial charge in [0.1, 0.15) is 11.6 Å². The minimum Gasteiger partial charge on any atom is -0.494 e. The third-order valence-corrected chi connectivity index (χ3v) is 4.05. The first-order chi connectivity index (χ1) is 10.9. The minimum absolute atomic E-state index is 0.0300. The van der Waals surface area contributed by atoms with E-state index >= 15 is 0 Å². The number of aromatic nitrogens is 2. The molecule has 1 unspecified atom stereocenters. The number of fused-ring (bicyclic) bond motifs is 1. The summed E-state index contributed by atoms with van der Waals surface area (Å²) in [4.78, 5) is 12.2. The summed E-state index contributed by atoms with van der Waals surface area (Å²) in [6, 6.07) is 7.98. The molecule has 2 aromatic rings. The molecule has 1 N–H and O–H groups in total. The van der Waals surface area contributed by atoms with Gasteiger partial charge in [-0.3, -0.25) is 4.79 Å². The molecule has 122 valence electrons. The van der Waals surface area contributed by atoms with E-state index in [1.807, 2.05) is 42.1 Å². The molecule has 1 aliphatic rings. The maximum absolute atomic E-state index is 12.2. The van der Waals surface area contributed by atoms with E-state index in [9.17, 15) is 4.79 Å². The Morgan fingerprint density at radius 1 is 1.30 bits per heavy atom. The SMILES string of the molecule is CCOc1ccc(C2CC(=O)Nc3c2cnn3C(C)(C)C)cc1. The normalized spacial score (nSPS) is 17.6. The zero-order valence-electron chi connectivity index (χ0n) is 14.1. The summed E-state index contributed by atoms with van der Waals surface area (Å²) in [6.07, 6.45) is 2.32. The van der Waals surface area contributed by atoms with Crippen molar-refractivity contribution in [3.63, 3.8) is 0 Å². The number of carbonyl (C=O) groups is 1. The van der Waals surface area contributed by atoms with E-state index in [2.05, 4.69) is 31.2 Å². The summed E-state index contributed by atoms with van der Waals surface area (Å²) >= 11 is 0. The summed E-state index contributed by atoms with van der Waals surface area (Å²) < 4.78 is 7.38. The highest BCUT2D eigenvalue weighted by atomic mass is 16.5. The van der Waals surface area contributed by atoms with Gasteiger partial charge in [0.2, 0.25) is 5.91 Å². The second-order valence-electron chi connectivity index (χ2n) is 6.84. The predicted molar refractivity (Wildman–Crippen MR) is 89.9 cm³/mol. The lowest BCUT2D eigenvalue weighted by atomic mass is 9.87. The Bertz CT molecular complexity index is 711. The molecule has 5 nitrogen and oxygen atoms in total. The molecule has 0 saturated carbocycles. The molecule has 0 saturated heterocycles. The molecule has 0 fully saturated rings. The Morgan fingerprint density at radius 2 is 2.00 bits per heavy atom. The Hall–Kier alpha value is -2.30. The Labute approximate surface area is 136 Å². The van der Waals surface area contributed by atoms with Gasteiger partial charge in [0.25, 0.3) is 0 Å². The molecule has 1 aromatic carbocycles. The first-order valence-corrected chi connectivity index (χ1v) is 8.01. The van der Waals surface area contributed by atoms with Gasteiger partial charge in [-0.05, 0) is 45.4 Å². The third-order valence-electron chi connectivity index (χ3n) is 4.05. The molecule has 1 aliphatic heterocycles. The monoisotopic (exact) mass is 313 g/mol. The lowest BCUT2D eigenvalue weighted by Gasteiger charge is -2.28. The fraction of sp³-hybridized carbons (Fsp3) is 0.444. The average Bonchev–Trinajstić information content (AvgIpc) is 2.91. The van der Waals surface area contributed by atoms with Crippen LogP contribution in [0.2, 0.25) is 0 Å². The van der Waals surface area contributed by atoms with E-state index in [4.69, 9.17) is 4.74 Å². The van der Waals surface area contributed by atoms with Crippen molar-refractivity contribution >= 4 is 11.7 Å². The van der Waals surface area contributed by atoms with Crippen LogP contribution >= 0.6 is 0 Å². The standard InChI is InChI=1S/C18H23N3O2/c1-5-23-13-8-6-12(7-9-13)14-10-16(22)20-17-15(14)11-19-21(17)18(2,3)4/h6-9,11,14H,5,10H2,1-4H3,(H,20,22). The van der Waals surface area contributed by atoms with E-state index in [0.717, 1.165) is 22.7 Å². The predicted octanol–water partition coefficient (Wildman–Crippen LogP) is 3.51. The van der Waals surface area contributed by atoms with Crippen LogP contribution in [0.4, 0.5) is 5.82 Å². The molecule has 23 heavy (non-hydrogen) atoms. The van der Waals surface area contributed by atoms with Crippen LogP contribution in [-0.2, 0) is 10.3 Å². The zero-order chi connectivity index (χ0) is 16.6. The van der Waals surface area contributed by atoms with Crippen LogP contribution in [0.5, 0.6) is 5.75 Å². The first kappa shape index (κ1) is 15.6. The lowest BCUT2D eigenvalue weighted by Crippen LogP contribution is -2.30. The van der Waals surface area contributed by atoms with Gasteiger partial charge in [0.15, 0.2) is 0 Å². The Balaban J connectivity index is 1.99. The molecule has 1 amide bonds. The van der Waals surface area contributed by atoms with Gasteiger partial charge in [-0.15, -0.1) is 0 Å². The van der Waals surface area contributed by atoms with Crippen molar-refractivity contribution < 1.29 is 9.53 Å². The average molecular weight is 313 g/mol. The molecular formula is C18H23N3O2. The molecule has 1 aromatic heterocycles. The molecule has 0 radical (unpaired) electrons. The van der Waals surface area contributed by atoms with E-state index in [1.165, 1.54) is 0 Å². The zero-order valence-corrected chi connectivity index (χ0v) is 14.1. The van der Waals surface area contributed by atoms with E-state index in [1.54, 1.807) is 0 Å². The van der Waals surface area contributed by atoms with Crippen LogP contribution in [0.25, 0.3) is 0 Å². The number of carbonyl (C=O) groups excluding carboxylic acids is 1. The molecule has 0 spiro atoms. The number of hydrogen-bond donors (Lipinski definition) is 1. The molecule has 5 heteroatoms. The summed E-state index contributed by atoms with van der Waals surface area (Å²) in [5.74, 6) is 1.72. The number of amides is 1. The summed E-state index contributed by atoms with van der Waals surface area (Å²) in [6.45, 7) is 8.84. The Kier molecular flexibility index (Phi) is 3.88. The first-order valence-electron chi connectivity index (χ1n) is 8.01. The smallest absolute Gasteiger partial charge is 0.226 e. The van der Waals surface area contributed by atoms with E-state index in [0.29, 0.717) is 13.0 Å². The van der Waals surface area contributed by atoms with Crippen LogP contribution in [0.15, 0.2) is 30.5 Å². The number of ether oxygens (including phenoxy) is 1. The maximum atomic E-state index is 12.2. The van der Waals surface area contributed by atoms with Crippen molar-refractivity contribution in [1.29, 1.82) is 0 Å². The van der Waals surface area contributed by atoms with Crippen molar-refractivity contribution in [2.45, 2.75) is 45.6 Å². The Morgan fingerprint density at radius 3 is 2.61 bits per heavy atom. The summed E-state index contributed by atoms with van der Waals surface area (Å²) in [5.41, 5.74) is 2.00. The number of hydrogen-bond acceptors (Lipinski definition) is 3. The van der Waals surface area contributed by atoms with Crippen molar-refractivity contribution in [2.24, 2.45) is 0 Å². The number of nitrogens with one attached hydrogen (secondary N) is 1. The molecule has 2 heterocycles. The topological polar surface area (TPSA) is 56.1 Å². The van der Waals surface area contributed by atoms with Crippen LogP contribution in [0, 0.1) is 0 Å². The van der Waals surface area contributed by atoms with Crippen LogP contribution in [0.3, 0.4) is 0 Å². The van der Waals surface area contributed by atoms with Gasteiger partial charge in [0, 0.05) is 17.9 Å². The molecule has 3 rings (SSSR count). The van der Waals surface area contributed by atoms with E-state index in [-0.39, 0.29) is 17.4 Å². The van der Waals surface area contributed by atoms with Gasteiger partial charge in [-0.2, -0.15) is 5.10 Å². The van der Waals surface area contributed by atoms with Gasteiger partial charge >= 0.3 is 0 Å². The van der Waals surface area contributed by atoms with E-state index < -0.39 is 0 Å². The number of rotatable bonds is 3. The van der Waals surface area contributed by atoms with Crippen LogP contribution < -0.4 is 10.1 Å². The highest BCUT2D eigenvalue weighted by molar-refractivity contribution is 5.94. The number of benzene rings is 1. The summed E-state index contributed by atoms with van der Waals surface area (Å²) in [5, 5.41) is 7.49. The second kappa shape index (κ2) is 5.72. The fourth-order valence-corrected chi connectivity index (χ4v) is 2.99. The molecule has 1 atom stereocenters. The van der Waals surface area contributed by atoms with Gasteiger partial charge in [0.05, 0.1) is 18.3 Å². The second-order valence-corrected chi connectivity index (χ2v) is 6.84. The van der Waals surface area contributed by atoms with Gasteiger partial charge in [-0.1, -0.05) is 12.1 Å².